The van der Waals surface area contributed by atoms with Crippen LogP contribution >= 0.6 is 15.9 Å². The number of nitrogens with one attached hydrogen (secondary N) is 2. The molecule has 0 amide bonds. The molecule has 4 nitrogen and oxygen atoms in total. The van der Waals surface area contributed by atoms with E-state index >= 15 is 0 Å². The zero-order valence-corrected chi connectivity index (χ0v) is 12.6. The quantitative estimate of drug-likeness (QED) is 0.840. The third-order valence-corrected chi connectivity index (χ3v) is 5.16. The van der Waals surface area contributed by atoms with Crippen molar-refractivity contribution < 1.29 is 8.42 Å². The zero-order valence-electron chi connectivity index (χ0n) is 10.2. The van der Waals surface area contributed by atoms with Crippen molar-refractivity contribution in [2.45, 2.75) is 25.8 Å². The molecule has 0 bridgehead atoms. The van der Waals surface area contributed by atoms with E-state index in [-0.39, 0.29) is 5.75 Å². The van der Waals surface area contributed by atoms with Gasteiger partial charge in [-0.3, -0.25) is 4.72 Å². The van der Waals surface area contributed by atoms with E-state index in [9.17, 15) is 8.42 Å². The van der Waals surface area contributed by atoms with Crippen molar-refractivity contribution >= 4 is 31.6 Å². The Kier molecular flexibility index (Phi) is 4.29. The topological polar surface area (TPSA) is 58.2 Å². The smallest absolute Gasteiger partial charge is 0.234 e. The number of sulfonamides is 1. The first-order valence-electron chi connectivity index (χ1n) is 5.97. The van der Waals surface area contributed by atoms with Gasteiger partial charge in [0.15, 0.2) is 0 Å². The van der Waals surface area contributed by atoms with Gasteiger partial charge >= 0.3 is 0 Å². The molecule has 0 saturated heterocycles. The fourth-order valence-corrected chi connectivity index (χ4v) is 3.12. The molecule has 0 aromatic heterocycles. The lowest BCUT2D eigenvalue weighted by Gasteiger charge is -2.11. The van der Waals surface area contributed by atoms with Crippen molar-refractivity contribution in [3.63, 3.8) is 0 Å². The largest absolute Gasteiger partial charge is 0.313 e. The van der Waals surface area contributed by atoms with Crippen LogP contribution in [0.5, 0.6) is 0 Å². The Labute approximate surface area is 116 Å². The maximum absolute atomic E-state index is 11.9. The van der Waals surface area contributed by atoms with Gasteiger partial charge in [0.2, 0.25) is 10.0 Å². The fourth-order valence-electron chi connectivity index (χ4n) is 1.63. The first-order chi connectivity index (χ1) is 8.48. The molecule has 6 heteroatoms. The Morgan fingerprint density at radius 1 is 1.39 bits per heavy atom. The molecule has 0 radical (unpaired) electrons. The first-order valence-corrected chi connectivity index (χ1v) is 8.41. The predicted octanol–water partition coefficient (Wildman–Crippen LogP) is 2.25. The third-order valence-electron chi connectivity index (χ3n) is 2.84. The van der Waals surface area contributed by atoms with Crippen LogP contribution in [0.3, 0.4) is 0 Å². The second-order valence-corrected chi connectivity index (χ2v) is 7.22. The molecule has 100 valence electrons. The molecule has 18 heavy (non-hydrogen) atoms. The lowest BCUT2D eigenvalue weighted by atomic mass is 10.2. The molecule has 1 aliphatic carbocycles. The average molecular weight is 333 g/mol. The predicted molar refractivity (Wildman–Crippen MR) is 77.3 cm³/mol. The van der Waals surface area contributed by atoms with Crippen molar-refractivity contribution in [1.82, 2.24) is 5.32 Å². The summed E-state index contributed by atoms with van der Waals surface area (Å²) in [6.45, 7) is 2.43. The third kappa shape index (κ3) is 3.96. The Bertz CT molecular complexity index is 527. The van der Waals surface area contributed by atoms with E-state index in [1.54, 1.807) is 6.07 Å². The van der Waals surface area contributed by atoms with Crippen LogP contribution in [0.15, 0.2) is 22.7 Å². The molecule has 1 aromatic rings. The zero-order chi connectivity index (χ0) is 13.2. The van der Waals surface area contributed by atoms with E-state index in [2.05, 4.69) is 26.0 Å². The molecule has 1 aromatic carbocycles. The monoisotopic (exact) mass is 332 g/mol. The van der Waals surface area contributed by atoms with Gasteiger partial charge in [-0.2, -0.15) is 0 Å². The number of hydrogen-bond donors (Lipinski definition) is 2. The SMILES string of the molecule is Cc1cccc(NS(=O)(=O)CCNC2CC2)c1Br. The molecule has 2 rings (SSSR count). The normalized spacial score (nSPS) is 15.7. The summed E-state index contributed by atoms with van der Waals surface area (Å²) in [6.07, 6.45) is 2.33. The number of rotatable bonds is 6. The number of benzene rings is 1. The molecule has 1 aliphatic rings. The van der Waals surface area contributed by atoms with E-state index < -0.39 is 10.0 Å². The van der Waals surface area contributed by atoms with Crippen LogP contribution in [0, 0.1) is 6.92 Å². The highest BCUT2D eigenvalue weighted by Crippen LogP contribution is 2.26. The van der Waals surface area contributed by atoms with Crippen LogP contribution in [0.25, 0.3) is 0 Å². The Morgan fingerprint density at radius 3 is 2.78 bits per heavy atom. The lowest BCUT2D eigenvalue weighted by Crippen LogP contribution is -2.28. The van der Waals surface area contributed by atoms with E-state index in [0.29, 0.717) is 18.3 Å². The number of anilines is 1. The Balaban J connectivity index is 1.95. The Morgan fingerprint density at radius 2 is 2.11 bits per heavy atom. The maximum Gasteiger partial charge on any atom is 0.234 e. The van der Waals surface area contributed by atoms with Gasteiger partial charge in [0.1, 0.15) is 0 Å². The molecule has 0 spiro atoms. The van der Waals surface area contributed by atoms with Gasteiger partial charge in [-0.25, -0.2) is 8.42 Å². The van der Waals surface area contributed by atoms with Gasteiger partial charge in [-0.05, 0) is 47.3 Å². The minimum atomic E-state index is -3.28. The summed E-state index contributed by atoms with van der Waals surface area (Å²) < 4.78 is 27.2. The van der Waals surface area contributed by atoms with Crippen LogP contribution in [-0.4, -0.2) is 26.8 Å². The standard InChI is InChI=1S/C12H17BrN2O2S/c1-9-3-2-4-11(12(9)13)15-18(16,17)8-7-14-10-5-6-10/h2-4,10,14-15H,5-8H2,1H3. The van der Waals surface area contributed by atoms with Crippen molar-refractivity contribution in [1.29, 1.82) is 0 Å². The Hall–Kier alpha value is -0.590. The van der Waals surface area contributed by atoms with Crippen LogP contribution in [0.2, 0.25) is 0 Å². The highest BCUT2D eigenvalue weighted by Gasteiger charge is 2.21. The summed E-state index contributed by atoms with van der Waals surface area (Å²) in [6, 6.07) is 6.05. The highest BCUT2D eigenvalue weighted by atomic mass is 79.9. The molecular weight excluding hydrogens is 316 g/mol. The summed E-state index contributed by atoms with van der Waals surface area (Å²) in [5, 5.41) is 3.19. The minimum absolute atomic E-state index is 0.101. The molecule has 1 fully saturated rings. The highest BCUT2D eigenvalue weighted by molar-refractivity contribution is 9.10. The van der Waals surface area contributed by atoms with Gasteiger partial charge in [0.05, 0.1) is 11.4 Å². The summed E-state index contributed by atoms with van der Waals surface area (Å²) in [5.74, 6) is 0.101. The molecule has 1 saturated carbocycles. The van der Waals surface area contributed by atoms with Crippen molar-refractivity contribution in [3.8, 4) is 0 Å². The van der Waals surface area contributed by atoms with Gasteiger partial charge in [0.25, 0.3) is 0 Å². The summed E-state index contributed by atoms with van der Waals surface area (Å²) >= 11 is 3.39. The molecule has 0 aliphatic heterocycles. The fraction of sp³-hybridized carbons (Fsp3) is 0.500. The summed E-state index contributed by atoms with van der Waals surface area (Å²) in [5.41, 5.74) is 1.60. The first kappa shape index (κ1) is 13.8. The van der Waals surface area contributed by atoms with E-state index in [1.807, 2.05) is 19.1 Å². The minimum Gasteiger partial charge on any atom is -0.313 e. The second kappa shape index (κ2) is 5.59. The molecular formula is C12H17BrN2O2S. The molecule has 0 heterocycles. The number of aryl methyl sites for hydroxylation is 1. The van der Waals surface area contributed by atoms with Gasteiger partial charge in [-0.15, -0.1) is 0 Å². The van der Waals surface area contributed by atoms with Gasteiger partial charge in [0, 0.05) is 17.1 Å². The molecule has 0 unspecified atom stereocenters. The average Bonchev–Trinajstić information content (AvgIpc) is 3.08. The van der Waals surface area contributed by atoms with Crippen LogP contribution in [0.1, 0.15) is 18.4 Å². The lowest BCUT2D eigenvalue weighted by molar-refractivity contribution is 0.595. The number of hydrogen-bond acceptors (Lipinski definition) is 3. The van der Waals surface area contributed by atoms with Crippen LogP contribution in [0.4, 0.5) is 5.69 Å². The van der Waals surface area contributed by atoms with E-state index in [0.717, 1.165) is 22.9 Å². The molecule has 2 N–H and O–H groups in total. The van der Waals surface area contributed by atoms with Crippen molar-refractivity contribution in [2.75, 3.05) is 17.0 Å². The summed E-state index contributed by atoms with van der Waals surface area (Å²) in [4.78, 5) is 0. The van der Waals surface area contributed by atoms with E-state index in [1.165, 1.54) is 0 Å². The van der Waals surface area contributed by atoms with Crippen LogP contribution < -0.4 is 10.0 Å². The van der Waals surface area contributed by atoms with Gasteiger partial charge < -0.3 is 5.32 Å². The number of halogens is 1. The maximum atomic E-state index is 11.9. The van der Waals surface area contributed by atoms with Gasteiger partial charge in [-0.1, -0.05) is 12.1 Å². The van der Waals surface area contributed by atoms with Crippen molar-refractivity contribution in [2.24, 2.45) is 0 Å². The van der Waals surface area contributed by atoms with Crippen molar-refractivity contribution in [3.05, 3.63) is 28.2 Å². The molecule has 0 atom stereocenters. The second-order valence-electron chi connectivity index (χ2n) is 4.59. The van der Waals surface area contributed by atoms with E-state index in [4.69, 9.17) is 0 Å². The summed E-state index contributed by atoms with van der Waals surface area (Å²) in [7, 11) is -3.28. The van der Waals surface area contributed by atoms with Crippen LogP contribution in [-0.2, 0) is 10.0 Å².